The Balaban J connectivity index is 1.46. The molecule has 0 spiro atoms. The smallest absolute Gasteiger partial charge is 0.256 e. The average Bonchev–Trinajstić information content (AvgIpc) is 3.52. The van der Waals surface area contributed by atoms with Crippen LogP contribution < -0.4 is 0 Å². The van der Waals surface area contributed by atoms with E-state index in [1.807, 2.05) is 30.8 Å². The van der Waals surface area contributed by atoms with Crippen molar-refractivity contribution in [3.05, 3.63) is 59.3 Å². The highest BCUT2D eigenvalue weighted by molar-refractivity contribution is 5.99. The number of aliphatic hydroxyl groups is 1. The van der Waals surface area contributed by atoms with E-state index in [2.05, 4.69) is 23.0 Å². The van der Waals surface area contributed by atoms with Crippen molar-refractivity contribution in [2.75, 3.05) is 39.4 Å². The number of nitrogens with zero attached hydrogens (tertiary/aromatic N) is 4. The summed E-state index contributed by atoms with van der Waals surface area (Å²) in [5, 5.41) is 11.2. The van der Waals surface area contributed by atoms with Gasteiger partial charge in [-0.15, -0.1) is 0 Å². The van der Waals surface area contributed by atoms with Crippen LogP contribution in [0.4, 0.5) is 4.39 Å². The minimum absolute atomic E-state index is 0.148. The third kappa shape index (κ3) is 6.24. The van der Waals surface area contributed by atoms with Crippen molar-refractivity contribution in [2.24, 2.45) is 11.8 Å². The Labute approximate surface area is 236 Å². The molecule has 216 valence electrons. The molecule has 2 aromatic heterocycles. The SMILES string of the molecule is Cc1cncc2c1c(C[C@@H]1CCN(CC3CCOCC3)C1)cn2-c1ccc(F)cc1C(=O)N(C[C@H](C)O)C(C)C. The van der Waals surface area contributed by atoms with E-state index >= 15 is 0 Å². The summed E-state index contributed by atoms with van der Waals surface area (Å²) in [4.78, 5) is 22.5. The highest BCUT2D eigenvalue weighted by Gasteiger charge is 2.28. The maximum absolute atomic E-state index is 14.6. The maximum Gasteiger partial charge on any atom is 0.256 e. The summed E-state index contributed by atoms with van der Waals surface area (Å²) < 4.78 is 22.1. The summed E-state index contributed by atoms with van der Waals surface area (Å²) in [5.41, 5.74) is 4.15. The molecule has 0 saturated carbocycles. The van der Waals surface area contributed by atoms with E-state index in [0.29, 0.717) is 11.6 Å². The van der Waals surface area contributed by atoms with Gasteiger partial charge in [0.05, 0.1) is 29.1 Å². The number of aryl methyl sites for hydroxylation is 1. The molecule has 2 atom stereocenters. The molecule has 0 aliphatic carbocycles. The summed E-state index contributed by atoms with van der Waals surface area (Å²) in [6.07, 6.45) is 9.60. The molecule has 2 fully saturated rings. The van der Waals surface area contributed by atoms with Gasteiger partial charge in [0.1, 0.15) is 5.82 Å². The molecule has 3 aromatic rings. The van der Waals surface area contributed by atoms with Gasteiger partial charge in [-0.05, 0) is 101 Å². The zero-order valence-corrected chi connectivity index (χ0v) is 24.3. The molecule has 7 nitrogen and oxygen atoms in total. The zero-order chi connectivity index (χ0) is 28.4. The van der Waals surface area contributed by atoms with Crippen LogP contribution >= 0.6 is 0 Å². The largest absolute Gasteiger partial charge is 0.392 e. The average molecular weight is 551 g/mol. The summed E-state index contributed by atoms with van der Waals surface area (Å²) in [5.74, 6) is 0.531. The number of carbonyl (C=O) groups is 1. The van der Waals surface area contributed by atoms with E-state index in [1.54, 1.807) is 17.9 Å². The van der Waals surface area contributed by atoms with Crippen LogP contribution in [0.3, 0.4) is 0 Å². The highest BCUT2D eigenvalue weighted by atomic mass is 19.1. The lowest BCUT2D eigenvalue weighted by Gasteiger charge is -2.29. The quantitative estimate of drug-likeness (QED) is 0.406. The number of hydrogen-bond donors (Lipinski definition) is 1. The van der Waals surface area contributed by atoms with Crippen molar-refractivity contribution in [1.82, 2.24) is 19.4 Å². The Bertz CT molecular complexity index is 1330. The molecule has 40 heavy (non-hydrogen) atoms. The fourth-order valence-electron chi connectivity index (χ4n) is 6.50. The topological polar surface area (TPSA) is 70.8 Å². The summed E-state index contributed by atoms with van der Waals surface area (Å²) in [7, 11) is 0. The van der Waals surface area contributed by atoms with E-state index in [9.17, 15) is 14.3 Å². The number of carbonyl (C=O) groups excluding carboxylic acids is 1. The molecule has 0 bridgehead atoms. The Morgan fingerprint density at radius 3 is 2.67 bits per heavy atom. The number of aliphatic hydroxyl groups excluding tert-OH is 1. The summed E-state index contributed by atoms with van der Waals surface area (Å²) >= 11 is 0. The van der Waals surface area contributed by atoms with Crippen LogP contribution in [0.1, 0.15) is 61.5 Å². The molecule has 4 heterocycles. The summed E-state index contributed by atoms with van der Waals surface area (Å²) in [6.45, 7) is 12.9. The molecule has 1 amide bonds. The number of amides is 1. The molecule has 2 aliphatic rings. The van der Waals surface area contributed by atoms with Crippen molar-refractivity contribution in [2.45, 2.75) is 65.5 Å². The Morgan fingerprint density at radius 2 is 1.95 bits per heavy atom. The number of pyridine rings is 1. The number of benzene rings is 1. The molecule has 5 rings (SSSR count). The molecular weight excluding hydrogens is 507 g/mol. The number of hydrogen-bond acceptors (Lipinski definition) is 5. The first-order valence-electron chi connectivity index (χ1n) is 14.7. The van der Waals surface area contributed by atoms with Crippen LogP contribution in [0.5, 0.6) is 0 Å². The van der Waals surface area contributed by atoms with E-state index in [4.69, 9.17) is 4.74 Å². The predicted octanol–water partition coefficient (Wildman–Crippen LogP) is 5.00. The molecule has 0 unspecified atom stereocenters. The lowest BCUT2D eigenvalue weighted by molar-refractivity contribution is 0.0551. The second-order valence-corrected chi connectivity index (χ2v) is 12.1. The van der Waals surface area contributed by atoms with Crippen LogP contribution in [0.25, 0.3) is 16.6 Å². The number of fused-ring (bicyclic) bond motifs is 1. The first-order valence-corrected chi connectivity index (χ1v) is 14.7. The minimum atomic E-state index is -0.688. The van der Waals surface area contributed by atoms with Gasteiger partial charge in [0.25, 0.3) is 5.91 Å². The van der Waals surface area contributed by atoms with Gasteiger partial charge in [-0.2, -0.15) is 0 Å². The molecule has 1 N–H and O–H groups in total. The van der Waals surface area contributed by atoms with Crippen LogP contribution in [0, 0.1) is 24.6 Å². The molecular formula is C32H43FN4O3. The maximum atomic E-state index is 14.6. The lowest BCUT2D eigenvalue weighted by Crippen LogP contribution is -2.41. The molecule has 2 aliphatic heterocycles. The van der Waals surface area contributed by atoms with Crippen molar-refractivity contribution in [1.29, 1.82) is 0 Å². The van der Waals surface area contributed by atoms with Crippen LogP contribution in [-0.4, -0.2) is 81.9 Å². The van der Waals surface area contributed by atoms with Crippen LogP contribution in [-0.2, 0) is 11.2 Å². The molecule has 0 radical (unpaired) electrons. The molecule has 1 aromatic carbocycles. The Kier molecular flexibility index (Phi) is 8.88. The zero-order valence-electron chi connectivity index (χ0n) is 24.3. The van der Waals surface area contributed by atoms with Gasteiger partial charge < -0.3 is 24.2 Å². The van der Waals surface area contributed by atoms with E-state index in [0.717, 1.165) is 74.5 Å². The van der Waals surface area contributed by atoms with Crippen molar-refractivity contribution >= 4 is 16.8 Å². The van der Waals surface area contributed by atoms with Gasteiger partial charge >= 0.3 is 0 Å². The van der Waals surface area contributed by atoms with Crippen LogP contribution in [0.2, 0.25) is 0 Å². The Hall–Kier alpha value is -2.81. The number of aromatic nitrogens is 2. The van der Waals surface area contributed by atoms with Crippen molar-refractivity contribution < 1.29 is 19.0 Å². The second-order valence-electron chi connectivity index (χ2n) is 12.1. The number of likely N-dealkylation sites (tertiary alicyclic amines) is 1. The van der Waals surface area contributed by atoms with E-state index in [1.165, 1.54) is 24.1 Å². The van der Waals surface area contributed by atoms with Gasteiger partial charge in [0.15, 0.2) is 0 Å². The third-order valence-corrected chi connectivity index (χ3v) is 8.51. The fourth-order valence-corrected chi connectivity index (χ4v) is 6.50. The van der Waals surface area contributed by atoms with Crippen molar-refractivity contribution in [3.63, 3.8) is 0 Å². The first kappa shape index (κ1) is 28.7. The van der Waals surface area contributed by atoms with Gasteiger partial charge in [-0.3, -0.25) is 9.78 Å². The first-order chi connectivity index (χ1) is 19.2. The molecule has 2 saturated heterocycles. The predicted molar refractivity (Wildman–Crippen MR) is 155 cm³/mol. The Morgan fingerprint density at radius 1 is 1.18 bits per heavy atom. The fraction of sp³-hybridized carbons (Fsp3) is 0.562. The highest BCUT2D eigenvalue weighted by Crippen LogP contribution is 2.33. The normalized spacial score (nSPS) is 19.5. The molecule has 8 heteroatoms. The van der Waals surface area contributed by atoms with E-state index < -0.39 is 11.9 Å². The van der Waals surface area contributed by atoms with Gasteiger partial charge in [-0.1, -0.05) is 0 Å². The number of rotatable bonds is 9. The van der Waals surface area contributed by atoms with Gasteiger partial charge in [0, 0.05) is 56.7 Å². The van der Waals surface area contributed by atoms with Gasteiger partial charge in [-0.25, -0.2) is 4.39 Å². The van der Waals surface area contributed by atoms with Gasteiger partial charge in [0.2, 0.25) is 0 Å². The lowest BCUT2D eigenvalue weighted by atomic mass is 9.97. The minimum Gasteiger partial charge on any atom is -0.392 e. The number of halogens is 1. The second kappa shape index (κ2) is 12.4. The van der Waals surface area contributed by atoms with E-state index in [-0.39, 0.29) is 24.1 Å². The summed E-state index contributed by atoms with van der Waals surface area (Å²) in [6, 6.07) is 4.25. The monoisotopic (exact) mass is 550 g/mol. The number of ether oxygens (including phenoxy) is 1. The van der Waals surface area contributed by atoms with Crippen LogP contribution in [0.15, 0.2) is 36.8 Å². The standard InChI is InChI=1S/C32H43FN4O3/c1-21(2)36(17-23(4)38)32(39)28-14-27(33)5-6-29(28)37-20-26(31-22(3)15-34-16-30(31)37)13-25-7-10-35(19-25)18-24-8-11-40-12-9-24/h5-6,14-16,20-21,23-25,38H,7-13,17-19H2,1-4H3/t23-,25-/m0/s1. The van der Waals surface area contributed by atoms with Crippen molar-refractivity contribution in [3.8, 4) is 5.69 Å². The third-order valence-electron chi connectivity index (χ3n) is 8.51.